The van der Waals surface area contributed by atoms with Crippen molar-refractivity contribution in [1.29, 1.82) is 5.26 Å². The molecule has 4 rings (SSSR count). The number of nitriles is 1. The molecule has 0 radical (unpaired) electrons. The molecule has 0 saturated carbocycles. The first-order valence-electron chi connectivity index (χ1n) is 11.1. The zero-order valence-electron chi connectivity index (χ0n) is 19.3. The summed E-state index contributed by atoms with van der Waals surface area (Å²) in [5, 5.41) is 9.42. The Labute approximate surface area is 204 Å². The monoisotopic (exact) mass is 498 g/mol. The number of piperidine rings is 1. The average molecular weight is 498 g/mol. The zero-order valence-corrected chi connectivity index (χ0v) is 19.3. The van der Waals surface area contributed by atoms with Crippen LogP contribution in [-0.4, -0.2) is 31.1 Å². The van der Waals surface area contributed by atoms with Crippen LogP contribution in [0.25, 0.3) is 11.3 Å². The number of carbonyl (C=O) groups is 1. The van der Waals surface area contributed by atoms with E-state index in [0.717, 1.165) is 12.1 Å². The molecule has 36 heavy (non-hydrogen) atoms. The van der Waals surface area contributed by atoms with E-state index in [2.05, 4.69) is 4.98 Å². The van der Waals surface area contributed by atoms with Gasteiger partial charge in [0.25, 0.3) is 0 Å². The molecule has 1 aliphatic heterocycles. The number of amides is 1. The average Bonchev–Trinajstić information content (AvgIpc) is 2.87. The largest absolute Gasteiger partial charge is 0.496 e. The highest BCUT2D eigenvalue weighted by Crippen LogP contribution is 2.40. The normalized spacial score (nSPS) is 15.3. The second-order valence-electron chi connectivity index (χ2n) is 8.53. The Morgan fingerprint density at radius 2 is 1.86 bits per heavy atom. The fourth-order valence-corrected chi connectivity index (χ4v) is 4.62. The number of aromatic nitrogens is 1. The van der Waals surface area contributed by atoms with Crippen molar-refractivity contribution in [3.8, 4) is 23.1 Å². The summed E-state index contributed by atoms with van der Waals surface area (Å²) in [5.41, 5.74) is 4.70. The Bertz CT molecular complexity index is 1340. The van der Waals surface area contributed by atoms with Gasteiger partial charge in [-0.05, 0) is 54.8 Å². The van der Waals surface area contributed by atoms with Gasteiger partial charge < -0.3 is 15.4 Å². The molecule has 0 atom stereocenters. The van der Waals surface area contributed by atoms with Crippen LogP contribution < -0.4 is 15.4 Å². The minimum absolute atomic E-state index is 0.0664. The van der Waals surface area contributed by atoms with Gasteiger partial charge in [-0.2, -0.15) is 18.4 Å². The van der Waals surface area contributed by atoms with E-state index in [4.69, 9.17) is 10.5 Å². The molecule has 1 amide bonds. The molecule has 1 fully saturated rings. The maximum absolute atomic E-state index is 15.2. The number of anilines is 1. The van der Waals surface area contributed by atoms with E-state index in [1.54, 1.807) is 29.2 Å². The van der Waals surface area contributed by atoms with Crippen LogP contribution in [0.5, 0.6) is 5.75 Å². The number of methoxy groups -OCH3 is 1. The number of primary amides is 1. The Morgan fingerprint density at radius 1 is 1.17 bits per heavy atom. The lowest BCUT2D eigenvalue weighted by atomic mass is 9.72. The third-order valence-corrected chi connectivity index (χ3v) is 6.63. The van der Waals surface area contributed by atoms with Crippen molar-refractivity contribution >= 4 is 11.6 Å². The van der Waals surface area contributed by atoms with Gasteiger partial charge in [0.05, 0.1) is 29.3 Å². The third kappa shape index (κ3) is 4.44. The molecule has 0 spiro atoms. The predicted octanol–water partition coefficient (Wildman–Crippen LogP) is 4.81. The minimum atomic E-state index is -4.57. The fraction of sp³-hybridized carbons (Fsp3) is 0.269. The standard InChI is InChI=1S/C26H22F4N4O2/c1-36-22-5-3-2-4-19(22)23-20(27)13-18(15-33-23)25(24(32)35)8-10-34(11-9-25)21-7-6-17(26(28,29)30)12-16(21)14-31/h2-7,12-13,15H,8-11H2,1H3,(H2,32,35). The number of para-hydroxylation sites is 1. The molecule has 6 nitrogen and oxygen atoms in total. The van der Waals surface area contributed by atoms with E-state index in [1.807, 2.05) is 6.07 Å². The molecule has 2 N–H and O–H groups in total. The van der Waals surface area contributed by atoms with Crippen LogP contribution in [0.15, 0.2) is 54.7 Å². The van der Waals surface area contributed by atoms with E-state index >= 15 is 4.39 Å². The van der Waals surface area contributed by atoms with Crippen LogP contribution in [-0.2, 0) is 16.4 Å². The van der Waals surface area contributed by atoms with E-state index < -0.39 is 28.9 Å². The lowest BCUT2D eigenvalue weighted by molar-refractivity contribution is -0.137. The number of halogens is 4. The second kappa shape index (κ2) is 9.49. The topological polar surface area (TPSA) is 92.2 Å². The minimum Gasteiger partial charge on any atom is -0.496 e. The summed E-state index contributed by atoms with van der Waals surface area (Å²) in [6, 6.07) is 12.9. The van der Waals surface area contributed by atoms with Gasteiger partial charge in [-0.15, -0.1) is 0 Å². The highest BCUT2D eigenvalue weighted by Gasteiger charge is 2.43. The number of carbonyl (C=O) groups excluding carboxylic acids is 1. The maximum atomic E-state index is 15.2. The summed E-state index contributed by atoms with van der Waals surface area (Å²) < 4.78 is 59.6. The summed E-state index contributed by atoms with van der Waals surface area (Å²) in [6.45, 7) is 0.442. The van der Waals surface area contributed by atoms with Crippen molar-refractivity contribution in [2.75, 3.05) is 25.1 Å². The number of rotatable bonds is 5. The Balaban J connectivity index is 1.63. The number of benzene rings is 2. The van der Waals surface area contributed by atoms with Crippen molar-refractivity contribution in [2.45, 2.75) is 24.4 Å². The highest BCUT2D eigenvalue weighted by molar-refractivity contribution is 5.87. The summed E-state index contributed by atoms with van der Waals surface area (Å²) in [5.74, 6) is -0.852. The van der Waals surface area contributed by atoms with E-state index in [1.165, 1.54) is 25.4 Å². The van der Waals surface area contributed by atoms with Crippen LogP contribution >= 0.6 is 0 Å². The first kappa shape index (κ1) is 25.0. The molecule has 0 bridgehead atoms. The quantitative estimate of drug-likeness (QED) is 0.510. The number of alkyl halides is 3. The van der Waals surface area contributed by atoms with Crippen LogP contribution in [0.4, 0.5) is 23.2 Å². The first-order chi connectivity index (χ1) is 17.1. The van der Waals surface area contributed by atoms with Gasteiger partial charge in [-0.25, -0.2) is 4.39 Å². The number of ether oxygens (including phenoxy) is 1. The van der Waals surface area contributed by atoms with Crippen molar-refractivity contribution in [1.82, 2.24) is 4.98 Å². The summed E-state index contributed by atoms with van der Waals surface area (Å²) >= 11 is 0. The van der Waals surface area contributed by atoms with Crippen molar-refractivity contribution in [2.24, 2.45) is 5.73 Å². The van der Waals surface area contributed by atoms with Crippen molar-refractivity contribution in [3.63, 3.8) is 0 Å². The molecular formula is C26H22F4N4O2. The number of pyridine rings is 1. The Morgan fingerprint density at radius 3 is 2.44 bits per heavy atom. The molecule has 186 valence electrons. The van der Waals surface area contributed by atoms with Gasteiger partial charge in [-0.1, -0.05) is 12.1 Å². The predicted molar refractivity (Wildman–Crippen MR) is 125 cm³/mol. The molecule has 1 saturated heterocycles. The Hall–Kier alpha value is -4.13. The molecule has 0 aliphatic carbocycles. The fourth-order valence-electron chi connectivity index (χ4n) is 4.62. The van der Waals surface area contributed by atoms with Gasteiger partial charge >= 0.3 is 6.18 Å². The second-order valence-corrected chi connectivity index (χ2v) is 8.53. The van der Waals surface area contributed by atoms with Gasteiger partial charge in [0.15, 0.2) is 0 Å². The lowest BCUT2D eigenvalue weighted by Crippen LogP contribution is -2.50. The van der Waals surface area contributed by atoms with Crippen molar-refractivity contribution < 1.29 is 27.1 Å². The van der Waals surface area contributed by atoms with Gasteiger partial charge in [0.2, 0.25) is 5.91 Å². The summed E-state index contributed by atoms with van der Waals surface area (Å²) in [6.07, 6.45) is -2.81. The highest BCUT2D eigenvalue weighted by atomic mass is 19.4. The number of hydrogen-bond donors (Lipinski definition) is 1. The van der Waals surface area contributed by atoms with Crippen molar-refractivity contribution in [3.05, 3.63) is 77.2 Å². The van der Waals surface area contributed by atoms with Crippen LogP contribution in [0, 0.1) is 17.1 Å². The molecule has 1 aliphatic rings. The first-order valence-corrected chi connectivity index (χ1v) is 11.1. The molecule has 2 heterocycles. The van der Waals surface area contributed by atoms with E-state index in [9.17, 15) is 23.2 Å². The Kier molecular flexibility index (Phi) is 6.59. The van der Waals surface area contributed by atoms with Crippen LogP contribution in [0.1, 0.15) is 29.5 Å². The lowest BCUT2D eigenvalue weighted by Gasteiger charge is -2.41. The number of nitrogens with zero attached hydrogens (tertiary/aromatic N) is 3. The van der Waals surface area contributed by atoms with Gasteiger partial charge in [-0.3, -0.25) is 9.78 Å². The molecule has 10 heteroatoms. The SMILES string of the molecule is COc1ccccc1-c1ncc(C2(C(N)=O)CCN(c3ccc(C(F)(F)F)cc3C#N)CC2)cc1F. The summed E-state index contributed by atoms with van der Waals surface area (Å²) in [4.78, 5) is 18.6. The molecule has 1 aromatic heterocycles. The van der Waals surface area contributed by atoms with E-state index in [0.29, 0.717) is 22.6 Å². The smallest absolute Gasteiger partial charge is 0.416 e. The number of hydrogen-bond acceptors (Lipinski definition) is 5. The molecular weight excluding hydrogens is 476 g/mol. The maximum Gasteiger partial charge on any atom is 0.416 e. The van der Waals surface area contributed by atoms with Crippen LogP contribution in [0.3, 0.4) is 0 Å². The number of nitrogens with two attached hydrogens (primary N) is 1. The molecule has 0 unspecified atom stereocenters. The summed E-state index contributed by atoms with van der Waals surface area (Å²) in [7, 11) is 1.47. The van der Waals surface area contributed by atoms with Gasteiger partial charge in [0.1, 0.15) is 23.3 Å². The van der Waals surface area contributed by atoms with E-state index in [-0.39, 0.29) is 37.2 Å². The molecule has 2 aromatic carbocycles. The molecule has 3 aromatic rings. The zero-order chi connectivity index (χ0) is 26.1. The van der Waals surface area contributed by atoms with Crippen LogP contribution in [0.2, 0.25) is 0 Å². The van der Waals surface area contributed by atoms with Gasteiger partial charge in [0, 0.05) is 24.8 Å². The third-order valence-electron chi connectivity index (χ3n) is 6.63.